The zero-order valence-corrected chi connectivity index (χ0v) is 15.2. The molecule has 144 valence electrons. The highest BCUT2D eigenvalue weighted by Crippen LogP contribution is 2.39. The van der Waals surface area contributed by atoms with Gasteiger partial charge < -0.3 is 9.97 Å². The lowest BCUT2D eigenvalue weighted by Crippen LogP contribution is -2.39. The molecule has 28 heavy (non-hydrogen) atoms. The summed E-state index contributed by atoms with van der Waals surface area (Å²) in [6, 6.07) is 10.6. The molecular formula is C18H13F3N4O2S. The predicted molar refractivity (Wildman–Crippen MR) is 104 cm³/mol. The lowest BCUT2D eigenvalue weighted by atomic mass is 10.0. The summed E-state index contributed by atoms with van der Waals surface area (Å²) in [6.45, 7) is 0. The quantitative estimate of drug-likeness (QED) is 0.454. The summed E-state index contributed by atoms with van der Waals surface area (Å²) in [5.74, 6) is 0. The van der Waals surface area contributed by atoms with Gasteiger partial charge >= 0.3 is 11.9 Å². The SMILES string of the molecule is CSNn1c(=O)[nH]c2cc(C(F)(F)F)c(-c3cc4ccccc4[nH]3)cc2c1=O. The van der Waals surface area contributed by atoms with Crippen LogP contribution in [0.25, 0.3) is 33.1 Å². The maximum Gasteiger partial charge on any atom is 0.417 e. The smallest absolute Gasteiger partial charge is 0.355 e. The number of fused-ring (bicyclic) bond motifs is 2. The third-order valence-corrected chi connectivity index (χ3v) is 4.71. The Bertz CT molecular complexity index is 1290. The van der Waals surface area contributed by atoms with Gasteiger partial charge in [0, 0.05) is 28.4 Å². The van der Waals surface area contributed by atoms with Crippen molar-refractivity contribution in [3.8, 4) is 11.3 Å². The molecule has 10 heteroatoms. The third-order valence-electron chi connectivity index (χ3n) is 4.34. The normalized spacial score (nSPS) is 12.0. The fourth-order valence-corrected chi connectivity index (χ4v) is 3.46. The van der Waals surface area contributed by atoms with Gasteiger partial charge in [0.25, 0.3) is 5.56 Å². The molecule has 6 nitrogen and oxygen atoms in total. The maximum absolute atomic E-state index is 13.7. The molecule has 0 amide bonds. The van der Waals surface area contributed by atoms with Crippen molar-refractivity contribution in [3.05, 3.63) is 68.9 Å². The van der Waals surface area contributed by atoms with E-state index < -0.39 is 23.0 Å². The van der Waals surface area contributed by atoms with Gasteiger partial charge in [-0.2, -0.15) is 17.8 Å². The van der Waals surface area contributed by atoms with Gasteiger partial charge in [-0.25, -0.2) is 4.79 Å². The number of halogens is 3. The molecule has 2 aromatic heterocycles. The molecule has 2 heterocycles. The Morgan fingerprint density at radius 1 is 1.04 bits per heavy atom. The fourth-order valence-electron chi connectivity index (χ4n) is 3.11. The molecule has 0 aliphatic rings. The number of nitrogens with one attached hydrogen (secondary N) is 3. The predicted octanol–water partition coefficient (Wildman–Crippen LogP) is 3.68. The van der Waals surface area contributed by atoms with Crippen molar-refractivity contribution in [1.29, 1.82) is 0 Å². The van der Waals surface area contributed by atoms with Crippen LogP contribution < -0.4 is 16.1 Å². The van der Waals surface area contributed by atoms with E-state index in [-0.39, 0.29) is 22.2 Å². The van der Waals surface area contributed by atoms with Crippen molar-refractivity contribution < 1.29 is 13.2 Å². The summed E-state index contributed by atoms with van der Waals surface area (Å²) in [4.78, 5) is 32.4. The lowest BCUT2D eigenvalue weighted by Gasteiger charge is -2.14. The third kappa shape index (κ3) is 2.95. The van der Waals surface area contributed by atoms with Gasteiger partial charge in [0.1, 0.15) is 0 Å². The van der Waals surface area contributed by atoms with Crippen LogP contribution in [0, 0.1) is 0 Å². The van der Waals surface area contributed by atoms with Crippen molar-refractivity contribution >= 4 is 33.8 Å². The van der Waals surface area contributed by atoms with Crippen LogP contribution in [-0.4, -0.2) is 20.9 Å². The Labute approximate surface area is 159 Å². The summed E-state index contributed by atoms with van der Waals surface area (Å²) < 4.78 is 41.9. The van der Waals surface area contributed by atoms with Crippen LogP contribution in [-0.2, 0) is 6.18 Å². The minimum absolute atomic E-state index is 0.0391. The minimum Gasteiger partial charge on any atom is -0.355 e. The van der Waals surface area contributed by atoms with Gasteiger partial charge in [-0.15, -0.1) is 0 Å². The van der Waals surface area contributed by atoms with Crippen molar-refractivity contribution in [2.75, 3.05) is 11.1 Å². The van der Waals surface area contributed by atoms with Gasteiger partial charge in [-0.3, -0.25) is 9.63 Å². The molecule has 3 N–H and O–H groups in total. The van der Waals surface area contributed by atoms with Crippen molar-refractivity contribution in [1.82, 2.24) is 14.6 Å². The van der Waals surface area contributed by atoms with E-state index in [4.69, 9.17) is 0 Å². The Balaban J connectivity index is 2.08. The lowest BCUT2D eigenvalue weighted by molar-refractivity contribution is -0.137. The number of nitrogens with zero attached hydrogens (tertiary/aromatic N) is 1. The molecule has 0 unspecified atom stereocenters. The van der Waals surface area contributed by atoms with Gasteiger partial charge in [0.2, 0.25) is 0 Å². The number of hydrogen-bond acceptors (Lipinski definition) is 4. The molecule has 0 radical (unpaired) electrons. The summed E-state index contributed by atoms with van der Waals surface area (Å²) >= 11 is 1.01. The average molecular weight is 406 g/mol. The molecule has 4 aromatic rings. The van der Waals surface area contributed by atoms with Crippen LogP contribution in [0.3, 0.4) is 0 Å². The van der Waals surface area contributed by atoms with Gasteiger partial charge in [0.15, 0.2) is 0 Å². The van der Waals surface area contributed by atoms with Crippen LogP contribution in [0.15, 0.2) is 52.1 Å². The highest BCUT2D eigenvalue weighted by atomic mass is 32.2. The summed E-state index contributed by atoms with van der Waals surface area (Å²) in [5.41, 5.74) is -1.98. The molecule has 0 saturated carbocycles. The second-order valence-electron chi connectivity index (χ2n) is 6.08. The van der Waals surface area contributed by atoms with Crippen LogP contribution in [0.1, 0.15) is 5.56 Å². The van der Waals surface area contributed by atoms with Crippen molar-refractivity contribution in [2.45, 2.75) is 6.18 Å². The molecule has 0 aliphatic heterocycles. The zero-order chi connectivity index (χ0) is 20.1. The topological polar surface area (TPSA) is 82.7 Å². The molecule has 0 spiro atoms. The molecule has 0 saturated heterocycles. The van der Waals surface area contributed by atoms with E-state index >= 15 is 0 Å². The van der Waals surface area contributed by atoms with E-state index in [0.717, 1.165) is 34.1 Å². The molecule has 0 atom stereocenters. The number of alkyl halides is 3. The van der Waals surface area contributed by atoms with E-state index in [2.05, 4.69) is 14.8 Å². The molecule has 2 aromatic carbocycles. The van der Waals surface area contributed by atoms with E-state index in [0.29, 0.717) is 5.52 Å². The van der Waals surface area contributed by atoms with E-state index in [1.54, 1.807) is 36.6 Å². The minimum atomic E-state index is -4.68. The van der Waals surface area contributed by atoms with Crippen molar-refractivity contribution in [3.63, 3.8) is 0 Å². The van der Waals surface area contributed by atoms with Crippen molar-refractivity contribution in [2.24, 2.45) is 0 Å². The second-order valence-corrected chi connectivity index (χ2v) is 6.67. The first-order valence-corrected chi connectivity index (χ1v) is 9.29. The van der Waals surface area contributed by atoms with E-state index in [9.17, 15) is 22.8 Å². The zero-order valence-electron chi connectivity index (χ0n) is 14.3. The van der Waals surface area contributed by atoms with Crippen LogP contribution in [0.4, 0.5) is 13.2 Å². The van der Waals surface area contributed by atoms with Crippen LogP contribution in [0.5, 0.6) is 0 Å². The Morgan fingerprint density at radius 3 is 2.46 bits per heavy atom. The molecule has 4 rings (SSSR count). The Morgan fingerprint density at radius 2 is 1.79 bits per heavy atom. The average Bonchev–Trinajstić information content (AvgIpc) is 3.07. The van der Waals surface area contributed by atoms with Gasteiger partial charge in [-0.05, 0) is 36.2 Å². The number of aromatic nitrogens is 3. The monoisotopic (exact) mass is 406 g/mol. The largest absolute Gasteiger partial charge is 0.417 e. The summed E-state index contributed by atoms with van der Waals surface area (Å²) in [6.07, 6.45) is -3.07. The first-order chi connectivity index (χ1) is 13.3. The first-order valence-electron chi connectivity index (χ1n) is 8.07. The maximum atomic E-state index is 13.7. The number of para-hydroxylation sites is 1. The van der Waals surface area contributed by atoms with E-state index in [1.165, 1.54) is 0 Å². The number of rotatable bonds is 3. The van der Waals surface area contributed by atoms with Crippen LogP contribution >= 0.6 is 11.9 Å². The molecular weight excluding hydrogens is 393 g/mol. The number of hydrogen-bond donors (Lipinski definition) is 3. The first kappa shape index (κ1) is 18.2. The Kier molecular flexibility index (Phi) is 4.22. The number of aromatic amines is 2. The number of benzene rings is 2. The Hall–Kier alpha value is -3.14. The fraction of sp³-hybridized carbons (Fsp3) is 0.111. The van der Waals surface area contributed by atoms with Gasteiger partial charge in [0.05, 0.1) is 16.5 Å². The standard InChI is InChI=1S/C18H13F3N4O2S/c1-28-24-25-16(26)11-7-10(14-6-9-4-2-3-5-13(9)22-14)12(18(19,20)21)8-15(11)23-17(25)27/h2-8,22,24H,1H3,(H,23,27). The van der Waals surface area contributed by atoms with E-state index in [1.807, 2.05) is 0 Å². The molecule has 0 fully saturated rings. The summed E-state index contributed by atoms with van der Waals surface area (Å²) in [5, 5.41) is 0.705. The number of H-pyrrole nitrogens is 2. The second kappa shape index (κ2) is 6.48. The van der Waals surface area contributed by atoms with Crippen LogP contribution in [0.2, 0.25) is 0 Å². The summed E-state index contributed by atoms with van der Waals surface area (Å²) in [7, 11) is 0. The molecule has 0 aliphatic carbocycles. The van der Waals surface area contributed by atoms with Gasteiger partial charge in [-0.1, -0.05) is 18.2 Å². The highest BCUT2D eigenvalue weighted by molar-refractivity contribution is 7.99. The highest BCUT2D eigenvalue weighted by Gasteiger charge is 2.35. The molecule has 0 bridgehead atoms.